The van der Waals surface area contributed by atoms with Gasteiger partial charge in [0.05, 0.1) is 12.7 Å². The number of nitrogens with zero attached hydrogens (tertiary/aromatic N) is 3. The highest BCUT2D eigenvalue weighted by Gasteiger charge is 2.47. The summed E-state index contributed by atoms with van der Waals surface area (Å²) in [7, 11) is 4.55. The minimum Gasteiger partial charge on any atom is -0.459 e. The number of furan rings is 1. The standard InChI is InChI=1S/C20H27N3O/c1-21-11-8-20(22(2)14-21)9-12-23-10-7-16-15-5-3-4-6-18(15)24-19(16)17(23)13-20/h3-6,17H,7-14H2,1-2H3/t17-,20+/m0/s1/i1-1. The van der Waals surface area contributed by atoms with Gasteiger partial charge < -0.3 is 4.42 Å². The van der Waals surface area contributed by atoms with E-state index in [0.29, 0.717) is 11.6 Å². The molecule has 4 heteroatoms. The lowest BCUT2D eigenvalue weighted by Gasteiger charge is -2.55. The van der Waals surface area contributed by atoms with Gasteiger partial charge in [0.25, 0.3) is 0 Å². The van der Waals surface area contributed by atoms with Crippen LogP contribution in [0.4, 0.5) is 0 Å². The molecule has 0 unspecified atom stereocenters. The van der Waals surface area contributed by atoms with Crippen LogP contribution in [0.25, 0.3) is 11.0 Å². The zero-order valence-electron chi connectivity index (χ0n) is 14.8. The molecule has 3 aliphatic rings. The summed E-state index contributed by atoms with van der Waals surface area (Å²) >= 11 is 0. The van der Waals surface area contributed by atoms with E-state index in [2.05, 4.69) is 53.1 Å². The molecule has 1 aromatic heterocycles. The molecule has 24 heavy (non-hydrogen) atoms. The molecule has 1 spiro atoms. The Balaban J connectivity index is 1.53. The van der Waals surface area contributed by atoms with E-state index >= 15 is 0 Å². The first kappa shape index (κ1) is 14.9. The van der Waals surface area contributed by atoms with Crippen molar-refractivity contribution in [3.05, 3.63) is 35.6 Å². The number of para-hydroxylation sites is 1. The SMILES string of the molecule is CN1CN([11CH3])CC[C@]12CCN1CCc3c(oc4ccccc34)[C@@H]1C2. The third-order valence-corrected chi connectivity index (χ3v) is 6.78. The van der Waals surface area contributed by atoms with Crippen LogP contribution in [0.3, 0.4) is 0 Å². The lowest BCUT2D eigenvalue weighted by molar-refractivity contribution is -0.0611. The van der Waals surface area contributed by atoms with Crippen molar-refractivity contribution in [2.45, 2.75) is 37.3 Å². The van der Waals surface area contributed by atoms with Crippen molar-refractivity contribution < 1.29 is 4.42 Å². The normalized spacial score (nSPS) is 32.2. The van der Waals surface area contributed by atoms with Crippen LogP contribution < -0.4 is 0 Å². The fraction of sp³-hybridized carbons (Fsp3) is 0.600. The summed E-state index contributed by atoms with van der Waals surface area (Å²) in [5, 5.41) is 1.34. The van der Waals surface area contributed by atoms with E-state index in [-0.39, 0.29) is 0 Å². The van der Waals surface area contributed by atoms with Gasteiger partial charge in [0.2, 0.25) is 0 Å². The number of hydrogen-bond donors (Lipinski definition) is 0. The van der Waals surface area contributed by atoms with Crippen molar-refractivity contribution in [3.8, 4) is 0 Å². The van der Waals surface area contributed by atoms with Gasteiger partial charge in [0.1, 0.15) is 11.3 Å². The molecule has 0 aliphatic carbocycles. The molecule has 0 N–H and O–H groups in total. The molecular formula is C20H27N3O. The fourth-order valence-corrected chi connectivity index (χ4v) is 5.27. The Morgan fingerprint density at radius 3 is 2.79 bits per heavy atom. The molecule has 4 nitrogen and oxygen atoms in total. The molecule has 0 bridgehead atoms. The molecule has 2 atom stereocenters. The maximum absolute atomic E-state index is 6.38. The Labute approximate surface area is 144 Å². The van der Waals surface area contributed by atoms with Gasteiger partial charge >= 0.3 is 0 Å². The minimum atomic E-state index is 0.348. The van der Waals surface area contributed by atoms with E-state index in [0.717, 1.165) is 18.7 Å². The van der Waals surface area contributed by atoms with Crippen molar-refractivity contribution in [2.24, 2.45) is 0 Å². The predicted octanol–water partition coefficient (Wildman–Crippen LogP) is 3.09. The topological polar surface area (TPSA) is 22.9 Å². The summed E-state index contributed by atoms with van der Waals surface area (Å²) in [6.45, 7) is 4.68. The zero-order chi connectivity index (χ0) is 16.3. The molecule has 0 radical (unpaired) electrons. The van der Waals surface area contributed by atoms with Gasteiger partial charge in [-0.05, 0) is 45.8 Å². The molecule has 5 rings (SSSR count). The van der Waals surface area contributed by atoms with Crippen LogP contribution in [-0.4, -0.2) is 60.6 Å². The van der Waals surface area contributed by atoms with Crippen LogP contribution in [0.1, 0.15) is 36.6 Å². The lowest BCUT2D eigenvalue weighted by atomic mass is 9.75. The van der Waals surface area contributed by atoms with Crippen LogP contribution in [0.5, 0.6) is 0 Å². The molecule has 1 aromatic carbocycles. The third kappa shape index (κ3) is 2.10. The highest BCUT2D eigenvalue weighted by atomic mass is 16.3. The monoisotopic (exact) mass is 324 g/mol. The first-order chi connectivity index (χ1) is 11.7. The van der Waals surface area contributed by atoms with Gasteiger partial charge in [-0.15, -0.1) is 0 Å². The van der Waals surface area contributed by atoms with Gasteiger partial charge in [-0.3, -0.25) is 14.7 Å². The molecule has 2 aromatic rings. The summed E-state index contributed by atoms with van der Waals surface area (Å²) in [6.07, 6.45) is 4.92. The molecule has 2 fully saturated rings. The van der Waals surface area contributed by atoms with E-state index in [4.69, 9.17) is 4.42 Å². The summed E-state index contributed by atoms with van der Waals surface area (Å²) in [4.78, 5) is 7.71. The second kappa shape index (κ2) is 5.32. The van der Waals surface area contributed by atoms with Crippen LogP contribution in [0.15, 0.2) is 28.7 Å². The first-order valence-corrected chi connectivity index (χ1v) is 9.30. The molecule has 3 aliphatic heterocycles. The maximum atomic E-state index is 6.38. The number of benzene rings is 1. The highest BCUT2D eigenvalue weighted by molar-refractivity contribution is 5.82. The zero-order valence-corrected chi connectivity index (χ0v) is 14.8. The maximum Gasteiger partial charge on any atom is 0.134 e. The van der Waals surface area contributed by atoms with Crippen LogP contribution >= 0.6 is 0 Å². The molecule has 4 heterocycles. The average Bonchev–Trinajstić information content (AvgIpc) is 2.98. The number of piperidine rings is 1. The summed E-state index contributed by atoms with van der Waals surface area (Å²) in [6, 6.07) is 9.03. The summed E-state index contributed by atoms with van der Waals surface area (Å²) < 4.78 is 6.38. The van der Waals surface area contributed by atoms with E-state index in [1.165, 1.54) is 55.6 Å². The smallest absolute Gasteiger partial charge is 0.134 e. The Kier molecular flexibility index (Phi) is 3.31. The second-order valence-corrected chi connectivity index (χ2v) is 8.09. The quantitative estimate of drug-likeness (QED) is 0.743. The second-order valence-electron chi connectivity index (χ2n) is 8.09. The van der Waals surface area contributed by atoms with Crippen LogP contribution in [0, 0.1) is 0 Å². The molecule has 2 saturated heterocycles. The fourth-order valence-electron chi connectivity index (χ4n) is 5.27. The van der Waals surface area contributed by atoms with Gasteiger partial charge in [-0.1, -0.05) is 18.2 Å². The van der Waals surface area contributed by atoms with Crippen LogP contribution in [0.2, 0.25) is 0 Å². The Morgan fingerprint density at radius 1 is 1.08 bits per heavy atom. The van der Waals surface area contributed by atoms with E-state index < -0.39 is 0 Å². The minimum absolute atomic E-state index is 0.348. The number of hydrogen-bond acceptors (Lipinski definition) is 4. The summed E-state index contributed by atoms with van der Waals surface area (Å²) in [5.41, 5.74) is 2.89. The van der Waals surface area contributed by atoms with Gasteiger partial charge in [0.15, 0.2) is 0 Å². The lowest BCUT2D eigenvalue weighted by Crippen LogP contribution is -2.61. The molecular weight excluding hydrogens is 297 g/mol. The number of rotatable bonds is 0. The van der Waals surface area contributed by atoms with Crippen molar-refractivity contribution >= 4 is 11.0 Å². The van der Waals surface area contributed by atoms with Crippen molar-refractivity contribution in [1.82, 2.24) is 14.7 Å². The molecule has 0 amide bonds. The molecule has 0 saturated carbocycles. The van der Waals surface area contributed by atoms with Gasteiger partial charge in [-0.2, -0.15) is 0 Å². The Bertz CT molecular complexity index is 769. The number of fused-ring (bicyclic) bond motifs is 5. The van der Waals surface area contributed by atoms with E-state index in [1.54, 1.807) is 0 Å². The Morgan fingerprint density at radius 2 is 1.92 bits per heavy atom. The van der Waals surface area contributed by atoms with Gasteiger partial charge in [0, 0.05) is 36.1 Å². The first-order valence-electron chi connectivity index (χ1n) is 9.30. The molecule has 128 valence electrons. The third-order valence-electron chi connectivity index (χ3n) is 6.78. The van der Waals surface area contributed by atoms with Crippen molar-refractivity contribution in [2.75, 3.05) is 40.4 Å². The Hall–Kier alpha value is -1.36. The predicted molar refractivity (Wildman–Crippen MR) is 96.1 cm³/mol. The average molecular weight is 324 g/mol. The largest absolute Gasteiger partial charge is 0.459 e. The summed E-state index contributed by atoms with van der Waals surface area (Å²) in [5.74, 6) is 1.26. The van der Waals surface area contributed by atoms with E-state index in [1.807, 2.05) is 0 Å². The van der Waals surface area contributed by atoms with E-state index in [9.17, 15) is 0 Å². The van der Waals surface area contributed by atoms with Crippen molar-refractivity contribution in [1.29, 1.82) is 0 Å². The van der Waals surface area contributed by atoms with Crippen LogP contribution in [-0.2, 0) is 6.42 Å². The van der Waals surface area contributed by atoms with Gasteiger partial charge in [-0.25, -0.2) is 0 Å². The highest BCUT2D eigenvalue weighted by Crippen LogP contribution is 2.47. The van der Waals surface area contributed by atoms with Crippen molar-refractivity contribution in [3.63, 3.8) is 0 Å².